The number of ether oxygens (including phenoxy) is 1. The zero-order valence-electron chi connectivity index (χ0n) is 23.1. The molecule has 0 fully saturated rings. The minimum Gasteiger partial charge on any atom is -0.457 e. The van der Waals surface area contributed by atoms with Crippen molar-refractivity contribution < 1.29 is 13.9 Å². The molecular weight excluding hydrogens is 535 g/mol. The molecule has 0 aliphatic rings. The van der Waals surface area contributed by atoms with Crippen LogP contribution in [0.25, 0.3) is 27.8 Å². The highest BCUT2D eigenvalue weighted by molar-refractivity contribution is 5.99. The number of hydrogen-bond acceptors (Lipinski definition) is 6. The lowest BCUT2D eigenvalue weighted by molar-refractivity contribution is 0.262. The molecule has 0 bridgehead atoms. The van der Waals surface area contributed by atoms with Crippen molar-refractivity contribution in [2.75, 3.05) is 10.6 Å². The molecule has 42 heavy (non-hydrogen) atoms. The topological polar surface area (TPSA) is 112 Å². The number of aryl methyl sites for hydroxylation is 1. The number of nitrogens with zero attached hydrogens (tertiary/aromatic N) is 6. The van der Waals surface area contributed by atoms with Gasteiger partial charge in [0.25, 0.3) is 0 Å². The summed E-state index contributed by atoms with van der Waals surface area (Å²) >= 11 is 0. The number of imidazole rings is 1. The summed E-state index contributed by atoms with van der Waals surface area (Å²) in [6, 6.07) is 16.6. The molecule has 0 unspecified atom stereocenters. The van der Waals surface area contributed by atoms with Crippen LogP contribution in [0.1, 0.15) is 25.5 Å². The van der Waals surface area contributed by atoms with Gasteiger partial charge in [0.05, 0.1) is 28.8 Å². The maximum atomic E-state index is 15.0. The fraction of sp³-hybridized carbons (Fsp3) is 0.129. The van der Waals surface area contributed by atoms with Crippen molar-refractivity contribution in [3.05, 3.63) is 103 Å². The number of halogens is 1. The van der Waals surface area contributed by atoms with E-state index >= 15 is 4.39 Å². The third kappa shape index (κ3) is 5.66. The van der Waals surface area contributed by atoms with Gasteiger partial charge in [-0.3, -0.25) is 24.5 Å². The first-order chi connectivity index (χ1) is 20.3. The SMILES string of the molecule is CC(C)c1cn(-c2ccc3ncccc3c2)c(NC(=O)Nc2ccc(Oc3ccnc(-c4cnn(C)c4)c3)cc2F)n1. The average Bonchev–Trinajstić information content (AvgIpc) is 3.61. The van der Waals surface area contributed by atoms with Gasteiger partial charge in [0.15, 0.2) is 0 Å². The molecular formula is C31H27FN8O2. The molecule has 0 saturated heterocycles. The van der Waals surface area contributed by atoms with E-state index in [0.717, 1.165) is 27.8 Å². The molecule has 0 aliphatic carbocycles. The standard InChI is InChI=1S/C31H27FN8O2/c1-19(2)29-18-40(22-6-8-26-20(13-22)5-4-11-33-26)30(36-29)38-31(41)37-27-9-7-23(14-25(27)32)42-24-10-12-34-28(15-24)21-16-35-39(3)17-21/h4-19H,1-3H3,(H2,36,37,38,41). The minimum atomic E-state index is -0.655. The lowest BCUT2D eigenvalue weighted by Gasteiger charge is -2.12. The highest BCUT2D eigenvalue weighted by Gasteiger charge is 2.16. The van der Waals surface area contributed by atoms with Gasteiger partial charge in [0, 0.05) is 60.6 Å². The van der Waals surface area contributed by atoms with Crippen molar-refractivity contribution in [3.8, 4) is 28.4 Å². The highest BCUT2D eigenvalue weighted by atomic mass is 19.1. The summed E-state index contributed by atoms with van der Waals surface area (Å²) in [6.45, 7) is 4.04. The molecule has 0 spiro atoms. The second-order valence-electron chi connectivity index (χ2n) is 10.00. The Kier molecular flexibility index (Phi) is 7.05. The quantitative estimate of drug-likeness (QED) is 0.219. The number of urea groups is 1. The van der Waals surface area contributed by atoms with Gasteiger partial charge in [-0.1, -0.05) is 19.9 Å². The summed E-state index contributed by atoms with van der Waals surface area (Å²) in [5.41, 5.74) is 3.96. The summed E-state index contributed by atoms with van der Waals surface area (Å²) in [6.07, 6.45) is 8.77. The summed E-state index contributed by atoms with van der Waals surface area (Å²) in [5, 5.41) is 10.4. The first-order valence-electron chi connectivity index (χ1n) is 13.3. The number of rotatable bonds is 7. The lowest BCUT2D eigenvalue weighted by atomic mass is 10.1. The third-order valence-electron chi connectivity index (χ3n) is 6.56. The number of carbonyl (C=O) groups is 1. The van der Waals surface area contributed by atoms with Crippen LogP contribution in [0.3, 0.4) is 0 Å². The number of aromatic nitrogens is 6. The average molecular weight is 563 g/mol. The molecule has 0 atom stereocenters. The van der Waals surface area contributed by atoms with Gasteiger partial charge in [0.2, 0.25) is 5.95 Å². The molecule has 2 N–H and O–H groups in total. The van der Waals surface area contributed by atoms with E-state index in [-0.39, 0.29) is 17.4 Å². The molecule has 11 heteroatoms. The zero-order valence-corrected chi connectivity index (χ0v) is 23.1. The first-order valence-corrected chi connectivity index (χ1v) is 13.3. The van der Waals surface area contributed by atoms with E-state index in [1.807, 2.05) is 63.6 Å². The first kappa shape index (κ1) is 26.6. The Morgan fingerprint density at radius 3 is 2.60 bits per heavy atom. The van der Waals surface area contributed by atoms with Crippen LogP contribution in [0.5, 0.6) is 11.5 Å². The molecule has 0 radical (unpaired) electrons. The van der Waals surface area contributed by atoms with Crippen LogP contribution in [0.15, 0.2) is 91.6 Å². The van der Waals surface area contributed by atoms with Crippen molar-refractivity contribution in [1.29, 1.82) is 0 Å². The lowest BCUT2D eigenvalue weighted by Crippen LogP contribution is -2.22. The van der Waals surface area contributed by atoms with Crippen molar-refractivity contribution in [3.63, 3.8) is 0 Å². The molecule has 6 aromatic rings. The van der Waals surface area contributed by atoms with Gasteiger partial charge in [-0.2, -0.15) is 5.10 Å². The van der Waals surface area contributed by atoms with Crippen molar-refractivity contribution in [2.45, 2.75) is 19.8 Å². The van der Waals surface area contributed by atoms with E-state index in [1.54, 1.807) is 46.0 Å². The summed E-state index contributed by atoms with van der Waals surface area (Å²) < 4.78 is 24.4. The molecule has 0 aliphatic heterocycles. The highest BCUT2D eigenvalue weighted by Crippen LogP contribution is 2.29. The molecule has 2 amide bonds. The number of nitrogens with one attached hydrogen (secondary N) is 2. The van der Waals surface area contributed by atoms with Crippen molar-refractivity contribution in [2.24, 2.45) is 7.05 Å². The molecule has 4 heterocycles. The van der Waals surface area contributed by atoms with E-state index in [1.165, 1.54) is 12.1 Å². The van der Waals surface area contributed by atoms with Gasteiger partial charge in [-0.15, -0.1) is 0 Å². The molecule has 10 nitrogen and oxygen atoms in total. The van der Waals surface area contributed by atoms with Gasteiger partial charge < -0.3 is 10.1 Å². The Labute approximate surface area is 240 Å². The van der Waals surface area contributed by atoms with Gasteiger partial charge in [0.1, 0.15) is 17.3 Å². The fourth-order valence-electron chi connectivity index (χ4n) is 4.41. The second-order valence-corrected chi connectivity index (χ2v) is 10.00. The van der Waals surface area contributed by atoms with E-state index in [4.69, 9.17) is 4.74 Å². The molecule has 4 aromatic heterocycles. The number of fused-ring (bicyclic) bond motifs is 1. The number of amides is 2. The predicted molar refractivity (Wildman–Crippen MR) is 159 cm³/mol. The van der Waals surface area contributed by atoms with Crippen LogP contribution in [-0.2, 0) is 7.05 Å². The van der Waals surface area contributed by atoms with Crippen molar-refractivity contribution in [1.82, 2.24) is 29.3 Å². The fourth-order valence-corrected chi connectivity index (χ4v) is 4.41. The summed E-state index contributed by atoms with van der Waals surface area (Å²) in [4.78, 5) is 26.3. The maximum Gasteiger partial charge on any atom is 0.326 e. The largest absolute Gasteiger partial charge is 0.457 e. The van der Waals surface area contributed by atoms with Crippen LogP contribution < -0.4 is 15.4 Å². The summed E-state index contributed by atoms with van der Waals surface area (Å²) in [7, 11) is 1.82. The predicted octanol–water partition coefficient (Wildman–Crippen LogP) is 6.91. The second kappa shape index (κ2) is 11.1. The van der Waals surface area contributed by atoms with E-state index < -0.39 is 11.8 Å². The van der Waals surface area contributed by atoms with Gasteiger partial charge in [-0.05, 0) is 48.4 Å². The normalized spacial score (nSPS) is 11.2. The Balaban J connectivity index is 1.18. The molecule has 210 valence electrons. The van der Waals surface area contributed by atoms with Crippen LogP contribution in [0, 0.1) is 5.82 Å². The van der Waals surface area contributed by atoms with Crippen LogP contribution in [0.4, 0.5) is 20.8 Å². The van der Waals surface area contributed by atoms with Gasteiger partial charge >= 0.3 is 6.03 Å². The number of carbonyl (C=O) groups excluding carboxylic acids is 1. The Morgan fingerprint density at radius 2 is 1.81 bits per heavy atom. The Hall–Kier alpha value is -5.58. The summed E-state index contributed by atoms with van der Waals surface area (Å²) in [5.74, 6) is 0.533. The number of hydrogen-bond donors (Lipinski definition) is 2. The smallest absolute Gasteiger partial charge is 0.326 e. The maximum absolute atomic E-state index is 15.0. The number of anilines is 2. The van der Waals surface area contributed by atoms with Crippen LogP contribution >= 0.6 is 0 Å². The van der Waals surface area contributed by atoms with E-state index in [0.29, 0.717) is 17.4 Å². The van der Waals surface area contributed by atoms with Crippen LogP contribution in [0.2, 0.25) is 0 Å². The van der Waals surface area contributed by atoms with Crippen molar-refractivity contribution >= 4 is 28.6 Å². The van der Waals surface area contributed by atoms with Crippen LogP contribution in [-0.4, -0.2) is 35.3 Å². The molecule has 0 saturated carbocycles. The Morgan fingerprint density at radius 1 is 0.952 bits per heavy atom. The Bertz CT molecular complexity index is 1910. The molecule has 2 aromatic carbocycles. The van der Waals surface area contributed by atoms with Gasteiger partial charge in [-0.25, -0.2) is 14.2 Å². The number of benzene rings is 2. The monoisotopic (exact) mass is 562 g/mol. The van der Waals surface area contributed by atoms with E-state index in [2.05, 4.69) is 30.7 Å². The van der Waals surface area contributed by atoms with E-state index in [9.17, 15) is 4.79 Å². The third-order valence-corrected chi connectivity index (χ3v) is 6.56. The molecule has 6 rings (SSSR count). The number of pyridine rings is 2. The zero-order chi connectivity index (χ0) is 29.2. The minimum absolute atomic E-state index is 0.00963.